The van der Waals surface area contributed by atoms with Crippen molar-refractivity contribution in [1.82, 2.24) is 19.3 Å². The van der Waals surface area contributed by atoms with Gasteiger partial charge in [-0.1, -0.05) is 24.2 Å². The largest absolute Gasteiger partial charge is 0.339 e. The van der Waals surface area contributed by atoms with Gasteiger partial charge >= 0.3 is 0 Å². The van der Waals surface area contributed by atoms with Crippen molar-refractivity contribution in [3.05, 3.63) is 65.5 Å². The van der Waals surface area contributed by atoms with Crippen LogP contribution in [-0.2, 0) is 16.4 Å². The van der Waals surface area contributed by atoms with Gasteiger partial charge in [-0.15, -0.1) is 0 Å². The van der Waals surface area contributed by atoms with Crippen LogP contribution in [0, 0.1) is 0 Å². The quantitative estimate of drug-likeness (QED) is 0.512. The highest BCUT2D eigenvalue weighted by Gasteiger charge is 2.29. The van der Waals surface area contributed by atoms with E-state index in [1.165, 1.54) is 9.87 Å². The Labute approximate surface area is 206 Å². The normalized spacial score (nSPS) is 17.7. The first-order valence-electron chi connectivity index (χ1n) is 12.3. The van der Waals surface area contributed by atoms with Crippen LogP contribution in [0.15, 0.2) is 57.9 Å². The molecule has 2 fully saturated rings. The van der Waals surface area contributed by atoms with Crippen LogP contribution in [0.2, 0.25) is 0 Å². The Morgan fingerprint density at radius 3 is 2.26 bits per heavy atom. The van der Waals surface area contributed by atoms with Crippen molar-refractivity contribution in [2.24, 2.45) is 0 Å². The second kappa shape index (κ2) is 9.91. The van der Waals surface area contributed by atoms with Gasteiger partial charge in [-0.05, 0) is 74.1 Å². The molecule has 0 saturated carbocycles. The fourth-order valence-electron chi connectivity index (χ4n) is 4.77. The molecule has 3 heterocycles. The van der Waals surface area contributed by atoms with Crippen molar-refractivity contribution in [1.29, 1.82) is 0 Å². The second-order valence-corrected chi connectivity index (χ2v) is 11.1. The van der Waals surface area contributed by atoms with Gasteiger partial charge in [0.2, 0.25) is 21.7 Å². The number of rotatable bonds is 6. The number of hydrogen-bond acceptors (Lipinski definition) is 6. The Hall–Kier alpha value is -3.04. The summed E-state index contributed by atoms with van der Waals surface area (Å²) in [5.74, 6) is 1.16. The van der Waals surface area contributed by atoms with Crippen LogP contribution in [-0.4, -0.2) is 59.8 Å². The van der Waals surface area contributed by atoms with Crippen LogP contribution in [0.5, 0.6) is 0 Å². The van der Waals surface area contributed by atoms with Gasteiger partial charge in [0, 0.05) is 43.2 Å². The molecule has 8 nitrogen and oxygen atoms in total. The van der Waals surface area contributed by atoms with E-state index in [2.05, 4.69) is 17.1 Å². The Bertz CT molecular complexity index is 1270. The number of benzene rings is 2. The highest BCUT2D eigenvalue weighted by atomic mass is 32.2. The minimum absolute atomic E-state index is 0.0568. The maximum Gasteiger partial charge on any atom is 0.253 e. The zero-order valence-corrected chi connectivity index (χ0v) is 20.7. The molecule has 0 aliphatic carbocycles. The van der Waals surface area contributed by atoms with E-state index in [1.54, 1.807) is 24.3 Å². The van der Waals surface area contributed by atoms with Crippen LogP contribution in [0.4, 0.5) is 0 Å². The Balaban J connectivity index is 1.21. The fraction of sp³-hybridized carbons (Fsp3) is 0.423. The molecule has 2 saturated heterocycles. The van der Waals surface area contributed by atoms with Gasteiger partial charge in [-0.25, -0.2) is 8.42 Å². The third kappa shape index (κ3) is 4.88. The van der Waals surface area contributed by atoms with Gasteiger partial charge in [0.15, 0.2) is 0 Å². The van der Waals surface area contributed by atoms with E-state index in [0.29, 0.717) is 43.5 Å². The highest BCUT2D eigenvalue weighted by molar-refractivity contribution is 7.89. The van der Waals surface area contributed by atoms with E-state index >= 15 is 0 Å². The Morgan fingerprint density at radius 2 is 1.63 bits per heavy atom. The van der Waals surface area contributed by atoms with Crippen molar-refractivity contribution in [3.8, 4) is 11.4 Å². The number of amides is 1. The van der Waals surface area contributed by atoms with Crippen LogP contribution in [0.3, 0.4) is 0 Å². The molecule has 0 atom stereocenters. The van der Waals surface area contributed by atoms with Gasteiger partial charge in [0.25, 0.3) is 5.91 Å². The Kier molecular flexibility index (Phi) is 6.71. The molecule has 0 radical (unpaired) electrons. The lowest BCUT2D eigenvalue weighted by molar-refractivity contribution is 0.0704. The monoisotopic (exact) mass is 494 g/mol. The van der Waals surface area contributed by atoms with Gasteiger partial charge in [-0.2, -0.15) is 9.29 Å². The number of carbonyl (C=O) groups is 1. The smallest absolute Gasteiger partial charge is 0.253 e. The van der Waals surface area contributed by atoms with Gasteiger partial charge in [0.05, 0.1) is 4.90 Å². The molecular weight excluding hydrogens is 464 g/mol. The number of piperidine rings is 1. The second-order valence-electron chi connectivity index (χ2n) is 9.21. The summed E-state index contributed by atoms with van der Waals surface area (Å²) in [6.07, 6.45) is 4.28. The first-order valence-corrected chi connectivity index (χ1v) is 13.7. The molecule has 0 N–H and O–H groups in total. The predicted molar refractivity (Wildman–Crippen MR) is 131 cm³/mol. The summed E-state index contributed by atoms with van der Waals surface area (Å²) in [6, 6.07) is 14.5. The van der Waals surface area contributed by atoms with Gasteiger partial charge < -0.3 is 9.42 Å². The van der Waals surface area contributed by atoms with Crippen LogP contribution in [0.1, 0.15) is 60.3 Å². The average Bonchev–Trinajstić information content (AvgIpc) is 3.62. The molecule has 5 rings (SSSR count). The predicted octanol–water partition coefficient (Wildman–Crippen LogP) is 4.10. The number of carbonyl (C=O) groups excluding carboxylic acids is 1. The summed E-state index contributed by atoms with van der Waals surface area (Å²) in [6.45, 7) is 4.53. The highest BCUT2D eigenvalue weighted by Crippen LogP contribution is 2.30. The summed E-state index contributed by atoms with van der Waals surface area (Å²) in [7, 11) is -3.45. The number of sulfonamides is 1. The average molecular weight is 495 g/mol. The maximum atomic E-state index is 12.8. The number of aromatic nitrogens is 2. The van der Waals surface area contributed by atoms with Crippen molar-refractivity contribution in [3.63, 3.8) is 0 Å². The lowest BCUT2D eigenvalue weighted by Crippen LogP contribution is -2.38. The third-order valence-electron chi connectivity index (χ3n) is 7.00. The molecule has 35 heavy (non-hydrogen) atoms. The fourth-order valence-corrected chi connectivity index (χ4v) is 6.28. The number of aryl methyl sites for hydroxylation is 1. The first-order chi connectivity index (χ1) is 17.0. The first kappa shape index (κ1) is 23.7. The number of nitrogens with zero attached hydrogens (tertiary/aromatic N) is 4. The van der Waals surface area contributed by atoms with E-state index in [9.17, 15) is 13.2 Å². The summed E-state index contributed by atoms with van der Waals surface area (Å²) in [5, 5.41) is 4.12. The standard InChI is InChI=1S/C26H30N4O4S/c1-2-19-5-7-22(8-6-19)26(31)29-17-13-21(14-18-29)25-27-24(28-34-25)20-9-11-23(12-10-20)35(32,33)30-15-3-4-16-30/h5-12,21H,2-4,13-18H2,1H3. The molecular formula is C26H30N4O4S. The van der Waals surface area contributed by atoms with Crippen molar-refractivity contribution in [2.75, 3.05) is 26.2 Å². The maximum absolute atomic E-state index is 12.8. The molecule has 2 aliphatic heterocycles. The zero-order chi connectivity index (χ0) is 24.4. The van der Waals surface area contributed by atoms with Crippen LogP contribution < -0.4 is 0 Å². The molecule has 184 valence electrons. The molecule has 9 heteroatoms. The lowest BCUT2D eigenvalue weighted by Gasteiger charge is -2.30. The number of hydrogen-bond donors (Lipinski definition) is 0. The molecule has 1 aromatic heterocycles. The molecule has 0 bridgehead atoms. The van der Waals surface area contributed by atoms with E-state index in [4.69, 9.17) is 4.52 Å². The van der Waals surface area contributed by atoms with E-state index in [-0.39, 0.29) is 16.7 Å². The van der Waals surface area contributed by atoms with Crippen LogP contribution in [0.25, 0.3) is 11.4 Å². The molecule has 1 amide bonds. The zero-order valence-electron chi connectivity index (χ0n) is 19.9. The molecule has 2 aromatic carbocycles. The van der Waals surface area contributed by atoms with E-state index in [0.717, 1.165) is 37.7 Å². The molecule has 2 aliphatic rings. The SMILES string of the molecule is CCc1ccc(C(=O)N2CCC(c3nc(-c4ccc(S(=O)(=O)N5CCCC5)cc4)no3)CC2)cc1. The summed E-state index contributed by atoms with van der Waals surface area (Å²) < 4.78 is 32.6. The Morgan fingerprint density at radius 1 is 0.971 bits per heavy atom. The summed E-state index contributed by atoms with van der Waals surface area (Å²) in [5.41, 5.74) is 2.65. The molecule has 0 spiro atoms. The van der Waals surface area contributed by atoms with E-state index in [1.807, 2.05) is 29.2 Å². The van der Waals surface area contributed by atoms with Gasteiger partial charge in [-0.3, -0.25) is 4.79 Å². The minimum atomic E-state index is -3.45. The minimum Gasteiger partial charge on any atom is -0.339 e. The molecule has 3 aromatic rings. The van der Waals surface area contributed by atoms with Crippen molar-refractivity contribution >= 4 is 15.9 Å². The topological polar surface area (TPSA) is 96.6 Å². The third-order valence-corrected chi connectivity index (χ3v) is 8.91. The van der Waals surface area contributed by atoms with E-state index < -0.39 is 10.0 Å². The van der Waals surface area contributed by atoms with Gasteiger partial charge in [0.1, 0.15) is 0 Å². The summed E-state index contributed by atoms with van der Waals surface area (Å²) in [4.78, 5) is 19.6. The van der Waals surface area contributed by atoms with Crippen LogP contribution >= 0.6 is 0 Å². The van der Waals surface area contributed by atoms with Crippen molar-refractivity contribution < 1.29 is 17.7 Å². The summed E-state index contributed by atoms with van der Waals surface area (Å²) >= 11 is 0. The number of likely N-dealkylation sites (tertiary alicyclic amines) is 1. The lowest BCUT2D eigenvalue weighted by atomic mass is 9.96. The molecule has 0 unspecified atom stereocenters. The van der Waals surface area contributed by atoms with Crippen molar-refractivity contribution in [2.45, 2.75) is 49.8 Å².